The van der Waals surface area contributed by atoms with Crippen molar-refractivity contribution in [3.63, 3.8) is 0 Å². The second kappa shape index (κ2) is 9.84. The van der Waals surface area contributed by atoms with Gasteiger partial charge in [0.2, 0.25) is 15.9 Å². The van der Waals surface area contributed by atoms with Crippen molar-refractivity contribution in [3.05, 3.63) is 66.4 Å². The maximum Gasteiger partial charge on any atom is 0.243 e. The van der Waals surface area contributed by atoms with Crippen molar-refractivity contribution in [2.45, 2.75) is 37.5 Å². The average Bonchev–Trinajstić information content (AvgIpc) is 3.28. The van der Waals surface area contributed by atoms with E-state index in [2.05, 4.69) is 17.2 Å². The summed E-state index contributed by atoms with van der Waals surface area (Å²) in [7, 11) is -3.53. The van der Waals surface area contributed by atoms with E-state index in [-0.39, 0.29) is 23.0 Å². The molecule has 174 valence electrons. The molecule has 1 unspecified atom stereocenters. The topological polar surface area (TPSA) is 92.5 Å². The number of aryl methyl sites for hydroxylation is 1. The van der Waals surface area contributed by atoms with Gasteiger partial charge in [0, 0.05) is 37.2 Å². The predicted molar refractivity (Wildman–Crippen MR) is 122 cm³/mol. The summed E-state index contributed by atoms with van der Waals surface area (Å²) in [6.07, 6.45) is 3.90. The highest BCUT2D eigenvalue weighted by Gasteiger charge is 2.28. The standard InChI is InChI=1S/C24H26FN3O4S/c1-17-3-2-14-28(16-17)33(30,31)21-10-8-20(9-11-21)27-23(29)12-13-24-26-15-22(32-24)18-4-6-19(25)7-5-18/h4-11,15,17H,2-3,12-14,16H2,1H3,(H,27,29). The van der Waals surface area contributed by atoms with E-state index < -0.39 is 10.0 Å². The number of carbonyl (C=O) groups is 1. The van der Waals surface area contributed by atoms with Crippen LogP contribution < -0.4 is 5.32 Å². The van der Waals surface area contributed by atoms with Gasteiger partial charge in [-0.25, -0.2) is 17.8 Å². The van der Waals surface area contributed by atoms with Crippen LogP contribution in [0.3, 0.4) is 0 Å². The van der Waals surface area contributed by atoms with Gasteiger partial charge >= 0.3 is 0 Å². The normalized spacial score (nSPS) is 17.1. The molecule has 7 nitrogen and oxygen atoms in total. The van der Waals surface area contributed by atoms with Gasteiger partial charge in [0.15, 0.2) is 11.7 Å². The number of hydrogen-bond acceptors (Lipinski definition) is 5. The summed E-state index contributed by atoms with van der Waals surface area (Å²) in [5.41, 5.74) is 1.22. The Morgan fingerprint density at radius 2 is 1.91 bits per heavy atom. The Labute approximate surface area is 192 Å². The van der Waals surface area contributed by atoms with Crippen molar-refractivity contribution in [1.29, 1.82) is 0 Å². The molecule has 0 radical (unpaired) electrons. The first-order valence-electron chi connectivity index (χ1n) is 10.9. The van der Waals surface area contributed by atoms with E-state index >= 15 is 0 Å². The fourth-order valence-corrected chi connectivity index (χ4v) is 5.44. The Kier molecular flexibility index (Phi) is 6.90. The Morgan fingerprint density at radius 1 is 1.18 bits per heavy atom. The Balaban J connectivity index is 1.31. The molecule has 1 aliphatic heterocycles. The molecule has 1 amide bonds. The number of aromatic nitrogens is 1. The lowest BCUT2D eigenvalue weighted by molar-refractivity contribution is -0.116. The number of halogens is 1. The second-order valence-electron chi connectivity index (χ2n) is 8.31. The maximum atomic E-state index is 13.1. The summed E-state index contributed by atoms with van der Waals surface area (Å²) in [6, 6.07) is 12.1. The van der Waals surface area contributed by atoms with Gasteiger partial charge in [0.05, 0.1) is 11.1 Å². The number of rotatable bonds is 7. The molecular formula is C24H26FN3O4S. The van der Waals surface area contributed by atoms with Gasteiger partial charge in [-0.3, -0.25) is 4.79 Å². The van der Waals surface area contributed by atoms with Crippen LogP contribution in [0.15, 0.2) is 64.0 Å². The molecule has 1 aliphatic rings. The first-order valence-corrected chi connectivity index (χ1v) is 12.4. The molecule has 1 fully saturated rings. The summed E-state index contributed by atoms with van der Waals surface area (Å²) in [5, 5.41) is 2.76. The van der Waals surface area contributed by atoms with Crippen molar-refractivity contribution < 1.29 is 22.0 Å². The summed E-state index contributed by atoms with van der Waals surface area (Å²) in [5.74, 6) is 0.688. The van der Waals surface area contributed by atoms with E-state index in [1.54, 1.807) is 30.5 Å². The molecule has 3 aromatic rings. The number of sulfonamides is 1. The molecule has 1 N–H and O–H groups in total. The van der Waals surface area contributed by atoms with Gasteiger partial charge in [-0.15, -0.1) is 0 Å². The van der Waals surface area contributed by atoms with E-state index in [0.717, 1.165) is 12.8 Å². The summed E-state index contributed by atoms with van der Waals surface area (Å²) < 4.78 is 45.9. The zero-order chi connectivity index (χ0) is 23.4. The minimum absolute atomic E-state index is 0.148. The van der Waals surface area contributed by atoms with Crippen LogP contribution in [0.25, 0.3) is 11.3 Å². The molecule has 2 heterocycles. The van der Waals surface area contributed by atoms with Crippen LogP contribution in [0.1, 0.15) is 32.1 Å². The molecule has 1 saturated heterocycles. The molecule has 33 heavy (non-hydrogen) atoms. The van der Waals surface area contributed by atoms with Crippen LogP contribution in [0.2, 0.25) is 0 Å². The van der Waals surface area contributed by atoms with Crippen molar-refractivity contribution in [2.75, 3.05) is 18.4 Å². The van der Waals surface area contributed by atoms with Crippen molar-refractivity contribution in [1.82, 2.24) is 9.29 Å². The van der Waals surface area contributed by atoms with Crippen LogP contribution in [-0.2, 0) is 21.2 Å². The number of nitrogens with zero attached hydrogens (tertiary/aromatic N) is 2. The third-order valence-electron chi connectivity index (χ3n) is 5.64. The monoisotopic (exact) mass is 471 g/mol. The summed E-state index contributed by atoms with van der Waals surface area (Å²) in [4.78, 5) is 16.7. The molecule has 2 aromatic carbocycles. The van der Waals surface area contributed by atoms with Gasteiger partial charge in [-0.1, -0.05) is 6.92 Å². The van der Waals surface area contributed by atoms with Crippen LogP contribution in [0, 0.1) is 11.7 Å². The van der Waals surface area contributed by atoms with Crippen LogP contribution in [-0.4, -0.2) is 36.7 Å². The molecule has 1 atom stereocenters. The van der Waals surface area contributed by atoms with E-state index in [0.29, 0.717) is 48.3 Å². The molecule has 9 heteroatoms. The van der Waals surface area contributed by atoms with Gasteiger partial charge in [0.1, 0.15) is 5.82 Å². The number of carbonyl (C=O) groups excluding carboxylic acids is 1. The number of amides is 1. The smallest absolute Gasteiger partial charge is 0.243 e. The minimum atomic E-state index is -3.53. The minimum Gasteiger partial charge on any atom is -0.441 e. The van der Waals surface area contributed by atoms with Crippen LogP contribution in [0.4, 0.5) is 10.1 Å². The number of anilines is 1. The number of benzene rings is 2. The lowest BCUT2D eigenvalue weighted by Gasteiger charge is -2.30. The molecule has 1 aromatic heterocycles. The number of piperidine rings is 1. The Morgan fingerprint density at radius 3 is 2.61 bits per heavy atom. The van der Waals surface area contributed by atoms with Gasteiger partial charge in [0.25, 0.3) is 0 Å². The number of oxazole rings is 1. The first-order chi connectivity index (χ1) is 15.8. The van der Waals surface area contributed by atoms with E-state index in [1.807, 2.05) is 0 Å². The summed E-state index contributed by atoms with van der Waals surface area (Å²) in [6.45, 7) is 3.13. The molecular weight excluding hydrogens is 445 g/mol. The molecule has 0 aliphatic carbocycles. The van der Waals surface area contributed by atoms with E-state index in [1.165, 1.54) is 28.6 Å². The van der Waals surface area contributed by atoms with Gasteiger partial charge in [-0.05, 0) is 67.3 Å². The SMILES string of the molecule is CC1CCCN(S(=O)(=O)c2ccc(NC(=O)CCc3ncc(-c4ccc(F)cc4)o3)cc2)C1. The van der Waals surface area contributed by atoms with Crippen molar-refractivity contribution in [3.8, 4) is 11.3 Å². The first kappa shape index (κ1) is 23.1. The van der Waals surface area contributed by atoms with Crippen molar-refractivity contribution >= 4 is 21.6 Å². The van der Waals surface area contributed by atoms with Gasteiger partial charge in [-0.2, -0.15) is 4.31 Å². The van der Waals surface area contributed by atoms with Crippen molar-refractivity contribution in [2.24, 2.45) is 5.92 Å². The van der Waals surface area contributed by atoms with Crippen LogP contribution >= 0.6 is 0 Å². The fraction of sp³-hybridized carbons (Fsp3) is 0.333. The summed E-state index contributed by atoms with van der Waals surface area (Å²) >= 11 is 0. The highest BCUT2D eigenvalue weighted by molar-refractivity contribution is 7.89. The largest absolute Gasteiger partial charge is 0.441 e. The maximum absolute atomic E-state index is 13.1. The average molecular weight is 472 g/mol. The fourth-order valence-electron chi connectivity index (χ4n) is 3.84. The highest BCUT2D eigenvalue weighted by Crippen LogP contribution is 2.25. The quantitative estimate of drug-likeness (QED) is 0.549. The lowest BCUT2D eigenvalue weighted by atomic mass is 10.0. The predicted octanol–water partition coefficient (Wildman–Crippen LogP) is 4.47. The highest BCUT2D eigenvalue weighted by atomic mass is 32.2. The Bertz CT molecular complexity index is 1210. The van der Waals surface area contributed by atoms with E-state index in [9.17, 15) is 17.6 Å². The number of nitrogens with one attached hydrogen (secondary N) is 1. The zero-order valence-electron chi connectivity index (χ0n) is 18.3. The zero-order valence-corrected chi connectivity index (χ0v) is 19.1. The molecule has 0 bridgehead atoms. The molecule has 0 saturated carbocycles. The third-order valence-corrected chi connectivity index (χ3v) is 7.52. The third kappa shape index (κ3) is 5.66. The lowest BCUT2D eigenvalue weighted by Crippen LogP contribution is -2.39. The molecule has 0 spiro atoms. The van der Waals surface area contributed by atoms with E-state index in [4.69, 9.17) is 4.42 Å². The Hall–Kier alpha value is -3.04. The molecule has 4 rings (SSSR count). The second-order valence-corrected chi connectivity index (χ2v) is 10.2. The van der Waals surface area contributed by atoms with Crippen LogP contribution in [0.5, 0.6) is 0 Å². The van der Waals surface area contributed by atoms with Gasteiger partial charge < -0.3 is 9.73 Å². The number of hydrogen-bond donors (Lipinski definition) is 1.